The van der Waals surface area contributed by atoms with Crippen LogP contribution in [-0.2, 0) is 14.8 Å². The summed E-state index contributed by atoms with van der Waals surface area (Å²) in [6, 6.07) is 2.78. The summed E-state index contributed by atoms with van der Waals surface area (Å²) < 4.78 is 23.1. The molecule has 1 amide bonds. The molecule has 1 aromatic rings. The zero-order chi connectivity index (χ0) is 16.4. The van der Waals surface area contributed by atoms with Gasteiger partial charge in [-0.15, -0.1) is 0 Å². The molecule has 3 N–H and O–H groups in total. The number of aryl methyl sites for hydroxylation is 1. The molecule has 0 atom stereocenters. The zero-order valence-corrected chi connectivity index (χ0v) is 12.9. The molecule has 0 bridgehead atoms. The quantitative estimate of drug-likeness (QED) is 0.820. The molecular weight excluding hydrogens is 296 g/mol. The predicted octanol–water partition coefficient (Wildman–Crippen LogP) is 0.498. The molecule has 0 saturated heterocycles. The molecule has 0 aromatic heterocycles. The Hall–Kier alpha value is -1.93. The van der Waals surface area contributed by atoms with Crippen molar-refractivity contribution in [1.82, 2.24) is 4.90 Å². The fraction of sp³-hybridized carbons (Fsp3) is 0.385. The molecule has 0 spiro atoms. The van der Waals surface area contributed by atoms with E-state index in [1.54, 1.807) is 19.9 Å². The lowest BCUT2D eigenvalue weighted by Crippen LogP contribution is -2.29. The van der Waals surface area contributed by atoms with Crippen LogP contribution in [-0.4, -0.2) is 43.9 Å². The molecule has 116 valence electrons. The molecule has 0 saturated carbocycles. The molecule has 0 heterocycles. The second-order valence-electron chi connectivity index (χ2n) is 4.83. The third-order valence-corrected chi connectivity index (χ3v) is 4.22. The van der Waals surface area contributed by atoms with Gasteiger partial charge < -0.3 is 10.0 Å². The van der Waals surface area contributed by atoms with Gasteiger partial charge in [0.1, 0.15) is 0 Å². The highest BCUT2D eigenvalue weighted by molar-refractivity contribution is 7.89. The lowest BCUT2D eigenvalue weighted by molar-refractivity contribution is -0.137. The standard InChI is InChI=1S/C13H18N2O5S/c1-8-6-10(7-11(9(8)2)21(14,19)20)13(18)15(3)5-4-12(16)17/h6-7H,4-5H2,1-3H3,(H,16,17)(H2,14,19,20). The van der Waals surface area contributed by atoms with Crippen LogP contribution >= 0.6 is 0 Å². The minimum Gasteiger partial charge on any atom is -0.481 e. The number of carbonyl (C=O) groups excluding carboxylic acids is 1. The van der Waals surface area contributed by atoms with E-state index in [9.17, 15) is 18.0 Å². The molecule has 21 heavy (non-hydrogen) atoms. The van der Waals surface area contributed by atoms with Gasteiger partial charge in [-0.1, -0.05) is 0 Å². The number of nitrogens with zero attached hydrogens (tertiary/aromatic N) is 1. The first-order valence-corrected chi connectivity index (χ1v) is 7.70. The Morgan fingerprint density at radius 3 is 2.33 bits per heavy atom. The van der Waals surface area contributed by atoms with E-state index < -0.39 is 21.9 Å². The molecule has 0 unspecified atom stereocenters. The first kappa shape index (κ1) is 17.1. The number of amides is 1. The monoisotopic (exact) mass is 314 g/mol. The van der Waals surface area contributed by atoms with Crippen molar-refractivity contribution in [3.63, 3.8) is 0 Å². The normalized spacial score (nSPS) is 11.2. The van der Waals surface area contributed by atoms with Crippen LogP contribution in [0.25, 0.3) is 0 Å². The average Bonchev–Trinajstić information content (AvgIpc) is 2.36. The third-order valence-electron chi connectivity index (χ3n) is 3.18. The van der Waals surface area contributed by atoms with Crippen molar-refractivity contribution < 1.29 is 23.1 Å². The number of aliphatic carboxylic acids is 1. The number of sulfonamides is 1. The summed E-state index contributed by atoms with van der Waals surface area (Å²) in [4.78, 5) is 23.8. The van der Waals surface area contributed by atoms with Crippen molar-refractivity contribution in [3.8, 4) is 0 Å². The van der Waals surface area contributed by atoms with E-state index in [2.05, 4.69) is 0 Å². The van der Waals surface area contributed by atoms with E-state index in [4.69, 9.17) is 10.2 Å². The Morgan fingerprint density at radius 2 is 1.86 bits per heavy atom. The Morgan fingerprint density at radius 1 is 1.29 bits per heavy atom. The smallest absolute Gasteiger partial charge is 0.305 e. The Balaban J connectivity index is 3.17. The van der Waals surface area contributed by atoms with Crippen molar-refractivity contribution in [1.29, 1.82) is 0 Å². The van der Waals surface area contributed by atoms with E-state index in [1.165, 1.54) is 18.0 Å². The van der Waals surface area contributed by atoms with E-state index >= 15 is 0 Å². The molecule has 0 fully saturated rings. The number of nitrogens with two attached hydrogens (primary N) is 1. The number of carboxylic acids is 1. The fourth-order valence-corrected chi connectivity index (χ4v) is 2.71. The van der Waals surface area contributed by atoms with Crippen molar-refractivity contribution in [2.75, 3.05) is 13.6 Å². The summed E-state index contributed by atoms with van der Waals surface area (Å²) >= 11 is 0. The molecule has 8 heteroatoms. The first-order chi connectivity index (χ1) is 9.54. The fourth-order valence-electron chi connectivity index (χ4n) is 1.83. The predicted molar refractivity (Wildman–Crippen MR) is 76.5 cm³/mol. The van der Waals surface area contributed by atoms with Gasteiger partial charge in [-0.2, -0.15) is 0 Å². The van der Waals surface area contributed by atoms with Crippen LogP contribution in [0.15, 0.2) is 17.0 Å². The second kappa shape index (κ2) is 6.23. The van der Waals surface area contributed by atoms with Crippen LogP contribution < -0.4 is 5.14 Å². The molecule has 0 aliphatic rings. The van der Waals surface area contributed by atoms with Gasteiger partial charge in [-0.05, 0) is 37.1 Å². The SMILES string of the molecule is Cc1cc(C(=O)N(C)CCC(=O)O)cc(S(N)(=O)=O)c1C. The molecule has 0 radical (unpaired) electrons. The molecule has 0 aliphatic heterocycles. The van der Waals surface area contributed by atoms with Crippen molar-refractivity contribution in [2.45, 2.75) is 25.2 Å². The molecule has 0 aliphatic carbocycles. The zero-order valence-electron chi connectivity index (χ0n) is 12.1. The van der Waals surface area contributed by atoms with Crippen LogP contribution in [0, 0.1) is 13.8 Å². The second-order valence-corrected chi connectivity index (χ2v) is 6.36. The summed E-state index contributed by atoms with van der Waals surface area (Å²) in [6.07, 6.45) is -0.185. The van der Waals surface area contributed by atoms with Gasteiger partial charge in [-0.3, -0.25) is 9.59 Å². The van der Waals surface area contributed by atoms with Gasteiger partial charge >= 0.3 is 5.97 Å². The number of carbonyl (C=O) groups is 2. The summed E-state index contributed by atoms with van der Waals surface area (Å²) in [5.41, 5.74) is 1.27. The Kier molecular flexibility index (Phi) is 5.08. The lowest BCUT2D eigenvalue weighted by Gasteiger charge is -2.17. The van der Waals surface area contributed by atoms with Crippen LogP contribution in [0.5, 0.6) is 0 Å². The number of hydrogen-bond acceptors (Lipinski definition) is 4. The number of hydrogen-bond donors (Lipinski definition) is 2. The van der Waals surface area contributed by atoms with Crippen LogP contribution in [0.4, 0.5) is 0 Å². The lowest BCUT2D eigenvalue weighted by atomic mass is 10.1. The van der Waals surface area contributed by atoms with Gasteiger partial charge in [0, 0.05) is 19.2 Å². The highest BCUT2D eigenvalue weighted by Crippen LogP contribution is 2.21. The van der Waals surface area contributed by atoms with Gasteiger partial charge in [0.15, 0.2) is 0 Å². The highest BCUT2D eigenvalue weighted by atomic mass is 32.2. The number of carboxylic acid groups (broad SMARTS) is 1. The maximum atomic E-state index is 12.2. The van der Waals surface area contributed by atoms with Crippen molar-refractivity contribution >= 4 is 21.9 Å². The highest BCUT2D eigenvalue weighted by Gasteiger charge is 2.19. The van der Waals surface area contributed by atoms with Crippen molar-refractivity contribution in [2.24, 2.45) is 5.14 Å². The van der Waals surface area contributed by atoms with E-state index in [1.807, 2.05) is 0 Å². The first-order valence-electron chi connectivity index (χ1n) is 6.15. The van der Waals surface area contributed by atoms with Crippen LogP contribution in [0.1, 0.15) is 27.9 Å². The van der Waals surface area contributed by atoms with Gasteiger partial charge in [0.25, 0.3) is 5.91 Å². The number of benzene rings is 1. The maximum Gasteiger partial charge on any atom is 0.305 e. The Bertz CT molecular complexity index is 682. The van der Waals surface area contributed by atoms with Crippen molar-refractivity contribution in [3.05, 3.63) is 28.8 Å². The topological polar surface area (TPSA) is 118 Å². The maximum absolute atomic E-state index is 12.2. The molecule has 1 aromatic carbocycles. The van der Waals surface area contributed by atoms with Gasteiger partial charge in [0.2, 0.25) is 10.0 Å². The van der Waals surface area contributed by atoms with Gasteiger partial charge in [-0.25, -0.2) is 13.6 Å². The number of rotatable bonds is 5. The van der Waals surface area contributed by atoms with Crippen LogP contribution in [0.2, 0.25) is 0 Å². The van der Waals surface area contributed by atoms with Crippen LogP contribution in [0.3, 0.4) is 0 Å². The van der Waals surface area contributed by atoms with E-state index in [-0.39, 0.29) is 23.4 Å². The summed E-state index contributed by atoms with van der Waals surface area (Å²) in [5, 5.41) is 13.8. The molecule has 1 rings (SSSR count). The van der Waals surface area contributed by atoms with E-state index in [0.29, 0.717) is 11.1 Å². The Labute approximate surface area is 123 Å². The molecular formula is C13H18N2O5S. The summed E-state index contributed by atoms with van der Waals surface area (Å²) in [6.45, 7) is 3.32. The van der Waals surface area contributed by atoms with E-state index in [0.717, 1.165) is 0 Å². The third kappa shape index (κ3) is 4.27. The van der Waals surface area contributed by atoms with Gasteiger partial charge in [0.05, 0.1) is 11.3 Å². The minimum atomic E-state index is -3.93. The summed E-state index contributed by atoms with van der Waals surface area (Å²) in [7, 11) is -2.47. The average molecular weight is 314 g/mol. The summed E-state index contributed by atoms with van der Waals surface area (Å²) in [5.74, 6) is -1.47. The largest absolute Gasteiger partial charge is 0.481 e. The minimum absolute atomic E-state index is 0.0335. The molecule has 7 nitrogen and oxygen atoms in total. The number of primary sulfonamides is 1.